The van der Waals surface area contributed by atoms with Gasteiger partial charge >= 0.3 is 5.97 Å². The van der Waals surface area contributed by atoms with Gasteiger partial charge in [0.25, 0.3) is 0 Å². The monoisotopic (exact) mass is 661 g/mol. The minimum absolute atomic E-state index is 0.00740. The lowest BCUT2D eigenvalue weighted by molar-refractivity contribution is -0.140. The molecule has 0 spiro atoms. The van der Waals surface area contributed by atoms with E-state index in [1.54, 1.807) is 36.4 Å². The van der Waals surface area contributed by atoms with Crippen LogP contribution in [0.2, 0.25) is 15.1 Å². The highest BCUT2D eigenvalue weighted by atomic mass is 35.5. The number of aliphatic hydroxyl groups excluding tert-OH is 1. The number of sulfone groups is 1. The van der Waals surface area contributed by atoms with Crippen LogP contribution in [0.1, 0.15) is 54.2 Å². The summed E-state index contributed by atoms with van der Waals surface area (Å²) < 4.78 is 35.6. The molecule has 0 aromatic heterocycles. The Hall–Kier alpha value is -3.04. The highest BCUT2D eigenvalue weighted by molar-refractivity contribution is 7.91. The van der Waals surface area contributed by atoms with E-state index in [1.807, 2.05) is 24.3 Å². The predicted molar refractivity (Wildman–Crippen MR) is 168 cm³/mol. The molecule has 0 aliphatic heterocycles. The molecule has 2 fully saturated rings. The van der Waals surface area contributed by atoms with Crippen LogP contribution in [0.3, 0.4) is 0 Å². The van der Waals surface area contributed by atoms with Crippen LogP contribution in [-0.2, 0) is 19.4 Å². The van der Waals surface area contributed by atoms with Gasteiger partial charge in [-0.15, -0.1) is 0 Å². The number of ether oxygens (including phenoxy) is 2. The number of nitrogens with one attached hydrogen (secondary N) is 1. The number of hydrogen-bond acceptors (Lipinski definition) is 7. The molecular weight excluding hydrogens is 633 g/mol. The van der Waals surface area contributed by atoms with Crippen molar-refractivity contribution in [3.8, 4) is 5.75 Å². The van der Waals surface area contributed by atoms with E-state index in [9.17, 15) is 18.3 Å². The van der Waals surface area contributed by atoms with E-state index >= 15 is 0 Å². The molecule has 0 radical (unpaired) electrons. The van der Waals surface area contributed by atoms with Gasteiger partial charge in [0.1, 0.15) is 18.1 Å². The van der Waals surface area contributed by atoms with Crippen LogP contribution < -0.4 is 4.74 Å². The second-order valence-electron chi connectivity index (χ2n) is 10.7. The quantitative estimate of drug-likeness (QED) is 0.116. The number of carbonyl (C=O) groups is 1. The molecule has 3 aromatic carbocycles. The van der Waals surface area contributed by atoms with Crippen LogP contribution in [0.5, 0.6) is 5.75 Å². The second-order valence-corrected chi connectivity index (χ2v) is 14.1. The molecule has 5 rings (SSSR count). The summed E-state index contributed by atoms with van der Waals surface area (Å²) in [5.41, 5.74) is 2.66. The average molecular weight is 663 g/mol. The summed E-state index contributed by atoms with van der Waals surface area (Å²) in [4.78, 5) is 11.5. The van der Waals surface area contributed by atoms with Crippen LogP contribution in [0, 0.1) is 11.3 Å². The van der Waals surface area contributed by atoms with Crippen molar-refractivity contribution in [1.82, 2.24) is 0 Å². The number of aliphatic hydroxyl groups is 1. The summed E-state index contributed by atoms with van der Waals surface area (Å²) >= 11 is 19.4. The minimum atomic E-state index is -3.59. The standard InChI is InChI=1S/C32H30Cl3NO6S/c1-41-29(37)13-14-43(39,40)21-10-7-18(8-11-21)23-16-24(23)22-12-9-20(15-28(22)35)42-17-25(32(38)19-5-6-19)31(36)30-26(33)3-2-4-27(30)34/h2-4,7-12,15,19,23-24,36,38H,5-6,13-14,16-17H2,1H3/b32-25-,36-31?. The molecular formula is C32H30Cl3NO6S. The van der Waals surface area contributed by atoms with Crippen molar-refractivity contribution in [3.63, 3.8) is 0 Å². The lowest BCUT2D eigenvalue weighted by atomic mass is 10.00. The van der Waals surface area contributed by atoms with Crippen molar-refractivity contribution in [2.24, 2.45) is 5.92 Å². The van der Waals surface area contributed by atoms with Gasteiger partial charge in [0.2, 0.25) is 0 Å². The zero-order valence-electron chi connectivity index (χ0n) is 23.3. The van der Waals surface area contributed by atoms with Gasteiger partial charge < -0.3 is 14.6 Å². The summed E-state index contributed by atoms with van der Waals surface area (Å²) in [5.74, 6) is 0.103. The van der Waals surface area contributed by atoms with Crippen molar-refractivity contribution in [3.05, 3.63) is 104 Å². The van der Waals surface area contributed by atoms with Crippen LogP contribution >= 0.6 is 34.8 Å². The number of methoxy groups -OCH3 is 1. The molecule has 2 unspecified atom stereocenters. The molecule has 3 aromatic rings. The SMILES string of the molecule is COC(=O)CCS(=O)(=O)c1ccc(C2CC2c2ccc(OC/C(C(=N)c3c(Cl)cccc3Cl)=C(/O)C3CC3)cc2Cl)cc1. The Kier molecular flexibility index (Phi) is 9.42. The van der Waals surface area contributed by atoms with Gasteiger partial charge in [0.15, 0.2) is 9.84 Å². The maximum atomic E-state index is 12.5. The Morgan fingerprint density at radius 2 is 1.65 bits per heavy atom. The van der Waals surface area contributed by atoms with Gasteiger partial charge in [0.05, 0.1) is 45.5 Å². The third-order valence-electron chi connectivity index (χ3n) is 7.80. The number of benzene rings is 3. The molecule has 226 valence electrons. The number of allylic oxidation sites excluding steroid dienone is 1. The van der Waals surface area contributed by atoms with Crippen LogP contribution in [0.25, 0.3) is 0 Å². The Labute approximate surface area is 265 Å². The van der Waals surface area contributed by atoms with Crippen molar-refractivity contribution in [1.29, 1.82) is 5.41 Å². The fourth-order valence-electron chi connectivity index (χ4n) is 5.09. The van der Waals surface area contributed by atoms with Crippen molar-refractivity contribution in [2.45, 2.75) is 42.4 Å². The van der Waals surface area contributed by atoms with E-state index in [4.69, 9.17) is 44.9 Å². The van der Waals surface area contributed by atoms with Gasteiger partial charge in [-0.05, 0) is 78.6 Å². The predicted octanol–water partition coefficient (Wildman–Crippen LogP) is 7.92. The summed E-state index contributed by atoms with van der Waals surface area (Å²) in [7, 11) is -2.36. The van der Waals surface area contributed by atoms with E-state index in [0.29, 0.717) is 32.0 Å². The van der Waals surface area contributed by atoms with E-state index in [2.05, 4.69) is 4.74 Å². The minimum Gasteiger partial charge on any atom is -0.512 e. The topological polar surface area (TPSA) is 114 Å². The van der Waals surface area contributed by atoms with Crippen LogP contribution in [-0.4, -0.2) is 44.7 Å². The maximum Gasteiger partial charge on any atom is 0.306 e. The second kappa shape index (κ2) is 12.9. The van der Waals surface area contributed by atoms with Gasteiger partial charge in [-0.1, -0.05) is 59.1 Å². The number of carbonyl (C=O) groups excluding carboxylic acids is 1. The van der Waals surface area contributed by atoms with Gasteiger partial charge in [0, 0.05) is 16.5 Å². The first-order valence-corrected chi connectivity index (χ1v) is 16.6. The van der Waals surface area contributed by atoms with Crippen molar-refractivity contribution >= 4 is 56.3 Å². The first-order valence-electron chi connectivity index (χ1n) is 13.8. The summed E-state index contributed by atoms with van der Waals surface area (Å²) in [5, 5.41) is 20.8. The lowest BCUT2D eigenvalue weighted by Gasteiger charge is -2.16. The van der Waals surface area contributed by atoms with Gasteiger partial charge in [-0.3, -0.25) is 10.2 Å². The molecule has 0 bridgehead atoms. The van der Waals surface area contributed by atoms with Crippen LogP contribution in [0.15, 0.2) is 76.9 Å². The number of esters is 1. The zero-order chi connectivity index (χ0) is 30.9. The Morgan fingerprint density at radius 3 is 2.26 bits per heavy atom. The Morgan fingerprint density at radius 1 is 0.977 bits per heavy atom. The fraction of sp³-hybridized carbons (Fsp3) is 0.312. The molecule has 11 heteroatoms. The molecule has 2 N–H and O–H groups in total. The zero-order valence-corrected chi connectivity index (χ0v) is 26.4. The Balaban J connectivity index is 1.25. The van der Waals surface area contributed by atoms with Gasteiger partial charge in [-0.25, -0.2) is 8.42 Å². The van der Waals surface area contributed by atoms with E-state index in [1.165, 1.54) is 7.11 Å². The fourth-order valence-corrected chi connectivity index (χ4v) is 7.20. The maximum absolute atomic E-state index is 12.5. The van der Waals surface area contributed by atoms with E-state index in [-0.39, 0.29) is 52.9 Å². The molecule has 2 aliphatic carbocycles. The largest absolute Gasteiger partial charge is 0.512 e. The average Bonchev–Trinajstić information content (AvgIpc) is 3.91. The molecule has 2 atom stereocenters. The smallest absolute Gasteiger partial charge is 0.306 e. The molecule has 0 amide bonds. The third-order valence-corrected chi connectivity index (χ3v) is 10.5. The molecule has 0 saturated heterocycles. The number of halogens is 3. The third kappa shape index (κ3) is 7.20. The summed E-state index contributed by atoms with van der Waals surface area (Å²) in [6.07, 6.45) is 2.36. The summed E-state index contributed by atoms with van der Waals surface area (Å²) in [6.45, 7) is -0.0562. The van der Waals surface area contributed by atoms with E-state index in [0.717, 1.165) is 30.4 Å². The number of rotatable bonds is 12. The molecule has 2 saturated carbocycles. The lowest BCUT2D eigenvalue weighted by Crippen LogP contribution is -2.16. The molecule has 0 heterocycles. The molecule has 2 aliphatic rings. The highest BCUT2D eigenvalue weighted by Crippen LogP contribution is 2.56. The first-order chi connectivity index (χ1) is 20.5. The normalized spacial score (nSPS) is 18.5. The Bertz CT molecular complexity index is 1680. The summed E-state index contributed by atoms with van der Waals surface area (Å²) in [6, 6.07) is 17.2. The number of hydrogen-bond donors (Lipinski definition) is 2. The highest BCUT2D eigenvalue weighted by Gasteiger charge is 2.40. The van der Waals surface area contributed by atoms with E-state index < -0.39 is 15.8 Å². The molecule has 7 nitrogen and oxygen atoms in total. The van der Waals surface area contributed by atoms with Gasteiger partial charge in [-0.2, -0.15) is 0 Å². The van der Waals surface area contributed by atoms with Crippen molar-refractivity contribution < 1.29 is 27.8 Å². The molecule has 43 heavy (non-hydrogen) atoms. The van der Waals surface area contributed by atoms with Crippen molar-refractivity contribution in [2.75, 3.05) is 19.5 Å². The van der Waals surface area contributed by atoms with Crippen LogP contribution in [0.4, 0.5) is 0 Å². The first kappa shape index (κ1) is 31.4.